The summed E-state index contributed by atoms with van der Waals surface area (Å²) in [5.74, 6) is 7.05. The molecule has 204 valence electrons. The molecule has 0 aromatic carbocycles. The second-order valence-electron chi connectivity index (χ2n) is 17.0. The maximum atomic E-state index is 2.82. The molecule has 10 unspecified atom stereocenters. The summed E-state index contributed by atoms with van der Waals surface area (Å²) in [7, 11) is 0. The van der Waals surface area contributed by atoms with Crippen LogP contribution in [0, 0.1) is 74.4 Å². The predicted molar refractivity (Wildman–Crippen MR) is 154 cm³/mol. The number of hydrogen-bond donors (Lipinski definition) is 0. The molecular weight excluding hydrogens is 420 g/mol. The highest BCUT2D eigenvalue weighted by Crippen LogP contribution is 2.76. The molecule has 0 N–H and O–H groups in total. The van der Waals surface area contributed by atoms with E-state index in [2.05, 4.69) is 83.1 Å². The van der Waals surface area contributed by atoms with Gasteiger partial charge >= 0.3 is 0 Å². The SMILES string of the molecule is CCC1(C)CCC2(C)C(CCC3C4(C)CCC(CC(C)C)C(C)(C)C4CCC32C)C1C(C)C(C)C. The first-order valence-corrected chi connectivity index (χ1v) is 16.1. The highest BCUT2D eigenvalue weighted by molar-refractivity contribution is 5.18. The zero-order valence-electron chi connectivity index (χ0n) is 26.2. The van der Waals surface area contributed by atoms with Gasteiger partial charge in [-0.15, -0.1) is 0 Å². The van der Waals surface area contributed by atoms with E-state index in [-0.39, 0.29) is 0 Å². The highest BCUT2D eigenvalue weighted by Gasteiger charge is 2.69. The maximum absolute atomic E-state index is 2.82. The van der Waals surface area contributed by atoms with Crippen LogP contribution >= 0.6 is 0 Å². The third-order valence-corrected chi connectivity index (χ3v) is 14.8. The van der Waals surface area contributed by atoms with Crippen LogP contribution in [0.1, 0.15) is 147 Å². The van der Waals surface area contributed by atoms with E-state index in [9.17, 15) is 0 Å². The molecule has 0 heteroatoms. The first-order valence-electron chi connectivity index (χ1n) is 16.1. The lowest BCUT2D eigenvalue weighted by atomic mass is 9.31. The third kappa shape index (κ3) is 3.94. The van der Waals surface area contributed by atoms with Crippen molar-refractivity contribution in [1.29, 1.82) is 0 Å². The van der Waals surface area contributed by atoms with Crippen molar-refractivity contribution in [2.75, 3.05) is 0 Å². The van der Waals surface area contributed by atoms with Gasteiger partial charge in [-0.3, -0.25) is 0 Å². The van der Waals surface area contributed by atoms with Crippen molar-refractivity contribution < 1.29 is 0 Å². The number of hydrogen-bond acceptors (Lipinski definition) is 0. The second kappa shape index (κ2) is 9.04. The molecule has 0 bridgehead atoms. The van der Waals surface area contributed by atoms with Crippen LogP contribution in [0.15, 0.2) is 0 Å². The Morgan fingerprint density at radius 1 is 0.686 bits per heavy atom. The van der Waals surface area contributed by atoms with Gasteiger partial charge in [-0.2, -0.15) is 0 Å². The van der Waals surface area contributed by atoms with Gasteiger partial charge in [-0.25, -0.2) is 0 Å². The largest absolute Gasteiger partial charge is 0.0649 e. The molecule has 0 aromatic heterocycles. The van der Waals surface area contributed by atoms with Crippen LogP contribution in [-0.2, 0) is 0 Å². The minimum atomic E-state index is 0.498. The average Bonchev–Trinajstić information content (AvgIpc) is 2.76. The molecule has 4 aliphatic carbocycles. The van der Waals surface area contributed by atoms with Crippen LogP contribution < -0.4 is 0 Å². The fourth-order valence-corrected chi connectivity index (χ4v) is 12.1. The topological polar surface area (TPSA) is 0 Å². The zero-order valence-corrected chi connectivity index (χ0v) is 26.2. The lowest BCUT2D eigenvalue weighted by Crippen LogP contribution is -2.66. The molecule has 0 nitrogen and oxygen atoms in total. The smallest absolute Gasteiger partial charge is 0.0235 e. The van der Waals surface area contributed by atoms with E-state index in [1.807, 2.05) is 0 Å². The van der Waals surface area contributed by atoms with Crippen molar-refractivity contribution in [3.05, 3.63) is 0 Å². The molecule has 4 saturated carbocycles. The minimum absolute atomic E-state index is 0.498. The van der Waals surface area contributed by atoms with Crippen LogP contribution in [0.4, 0.5) is 0 Å². The summed E-state index contributed by atoms with van der Waals surface area (Å²) >= 11 is 0. The molecule has 4 fully saturated rings. The Labute approximate surface area is 221 Å². The molecule has 4 rings (SSSR count). The van der Waals surface area contributed by atoms with Crippen LogP contribution in [0.25, 0.3) is 0 Å². The Bertz CT molecular complexity index is 760. The van der Waals surface area contributed by atoms with Crippen LogP contribution in [0.3, 0.4) is 0 Å². The van der Waals surface area contributed by atoms with Gasteiger partial charge in [-0.05, 0) is 132 Å². The van der Waals surface area contributed by atoms with E-state index >= 15 is 0 Å². The molecule has 0 saturated heterocycles. The molecule has 0 aromatic rings. The van der Waals surface area contributed by atoms with Gasteiger partial charge in [0, 0.05) is 0 Å². The van der Waals surface area contributed by atoms with Gasteiger partial charge < -0.3 is 0 Å². The summed E-state index contributed by atoms with van der Waals surface area (Å²) in [5, 5.41) is 0. The van der Waals surface area contributed by atoms with Gasteiger partial charge in [0.25, 0.3) is 0 Å². The summed E-state index contributed by atoms with van der Waals surface area (Å²) in [6.45, 7) is 31.5. The summed E-state index contributed by atoms with van der Waals surface area (Å²) in [4.78, 5) is 0. The first-order chi connectivity index (χ1) is 16.1. The normalized spacial score (nSPS) is 50.4. The van der Waals surface area contributed by atoms with Gasteiger partial charge in [0.2, 0.25) is 0 Å². The maximum Gasteiger partial charge on any atom is -0.0235 e. The molecule has 35 heavy (non-hydrogen) atoms. The van der Waals surface area contributed by atoms with Crippen molar-refractivity contribution in [1.82, 2.24) is 0 Å². The summed E-state index contributed by atoms with van der Waals surface area (Å²) in [6, 6.07) is 0. The zero-order chi connectivity index (χ0) is 26.2. The molecule has 0 radical (unpaired) electrons. The monoisotopic (exact) mass is 485 g/mol. The third-order valence-electron chi connectivity index (χ3n) is 14.8. The lowest BCUT2D eigenvalue weighted by Gasteiger charge is -2.73. The van der Waals surface area contributed by atoms with Crippen LogP contribution in [-0.4, -0.2) is 0 Å². The summed E-state index contributed by atoms with van der Waals surface area (Å²) in [5.41, 5.74) is 2.62. The summed E-state index contributed by atoms with van der Waals surface area (Å²) in [6.07, 6.45) is 14.7. The van der Waals surface area contributed by atoms with Gasteiger partial charge in [0.15, 0.2) is 0 Å². The fourth-order valence-electron chi connectivity index (χ4n) is 12.1. The molecular formula is C35H64. The Morgan fingerprint density at radius 3 is 1.91 bits per heavy atom. The fraction of sp³-hybridized carbons (Fsp3) is 1.00. The second-order valence-corrected chi connectivity index (χ2v) is 17.0. The van der Waals surface area contributed by atoms with Crippen molar-refractivity contribution in [3.63, 3.8) is 0 Å². The van der Waals surface area contributed by atoms with Gasteiger partial charge in [0.05, 0.1) is 0 Å². The summed E-state index contributed by atoms with van der Waals surface area (Å²) < 4.78 is 0. The Morgan fingerprint density at radius 2 is 1.34 bits per heavy atom. The molecule has 0 amide bonds. The molecule has 4 aliphatic rings. The van der Waals surface area contributed by atoms with Crippen molar-refractivity contribution in [2.24, 2.45) is 74.4 Å². The standard InChI is InChI=1S/C35H64/c1-13-32(9)20-21-34(11)27(30(32)25(6)24(4)5)14-15-29-33(10)18-16-26(22-23(2)3)31(7,8)28(33)17-19-35(29,34)12/h23-30H,13-22H2,1-12H3. The van der Waals surface area contributed by atoms with E-state index in [1.165, 1.54) is 64.2 Å². The number of rotatable bonds is 5. The molecule has 0 aliphatic heterocycles. The van der Waals surface area contributed by atoms with E-state index in [4.69, 9.17) is 0 Å². The molecule has 10 atom stereocenters. The van der Waals surface area contributed by atoms with E-state index in [1.54, 1.807) is 0 Å². The van der Waals surface area contributed by atoms with Crippen LogP contribution in [0.5, 0.6) is 0 Å². The Kier molecular flexibility index (Phi) is 7.24. The first kappa shape index (κ1) is 28.0. The van der Waals surface area contributed by atoms with Gasteiger partial charge in [0.1, 0.15) is 0 Å². The lowest BCUT2D eigenvalue weighted by molar-refractivity contribution is -0.248. The Balaban J connectivity index is 1.71. The number of fused-ring (bicyclic) bond motifs is 5. The van der Waals surface area contributed by atoms with Crippen LogP contribution in [0.2, 0.25) is 0 Å². The van der Waals surface area contributed by atoms with Crippen molar-refractivity contribution in [2.45, 2.75) is 147 Å². The van der Waals surface area contributed by atoms with E-state index in [0.717, 1.165) is 47.3 Å². The average molecular weight is 485 g/mol. The van der Waals surface area contributed by atoms with Crippen molar-refractivity contribution in [3.8, 4) is 0 Å². The van der Waals surface area contributed by atoms with Gasteiger partial charge in [-0.1, -0.05) is 89.5 Å². The quantitative estimate of drug-likeness (QED) is 0.364. The molecule has 0 heterocycles. The minimum Gasteiger partial charge on any atom is -0.0649 e. The predicted octanol–water partition coefficient (Wildman–Crippen LogP) is 11.0. The van der Waals surface area contributed by atoms with E-state index in [0.29, 0.717) is 27.1 Å². The Hall–Kier alpha value is 0. The van der Waals surface area contributed by atoms with Crippen molar-refractivity contribution >= 4 is 0 Å². The highest BCUT2D eigenvalue weighted by atomic mass is 14.7. The molecule has 0 spiro atoms. The van der Waals surface area contributed by atoms with E-state index < -0.39 is 0 Å².